The van der Waals surface area contributed by atoms with Gasteiger partial charge >= 0.3 is 5.97 Å². The molecular weight excluding hydrogens is 363 g/mol. The van der Waals surface area contributed by atoms with Gasteiger partial charge in [-0.05, 0) is 62.8 Å². The number of hydrogen-bond donors (Lipinski definition) is 1. The summed E-state index contributed by atoms with van der Waals surface area (Å²) in [7, 11) is 0. The third kappa shape index (κ3) is 5.44. The Labute approximate surface area is 165 Å². The lowest BCUT2D eigenvalue weighted by Gasteiger charge is -2.25. The fraction of sp³-hybridized carbons (Fsp3) is 0.619. The zero-order chi connectivity index (χ0) is 19.9. The number of anilines is 1. The van der Waals surface area contributed by atoms with Crippen molar-refractivity contribution in [2.24, 2.45) is 0 Å². The number of ether oxygens (including phenoxy) is 2. The maximum atomic E-state index is 13.3. The molecule has 2 aliphatic rings. The second-order valence-corrected chi connectivity index (χ2v) is 7.31. The van der Waals surface area contributed by atoms with Crippen LogP contribution >= 0.6 is 0 Å². The molecule has 0 spiro atoms. The number of hydrogen-bond acceptors (Lipinski definition) is 5. The van der Waals surface area contributed by atoms with Crippen molar-refractivity contribution in [3.8, 4) is 5.75 Å². The van der Waals surface area contributed by atoms with Crippen molar-refractivity contribution >= 4 is 17.6 Å². The Morgan fingerprint density at radius 1 is 1.25 bits per heavy atom. The number of amides is 1. The lowest BCUT2D eigenvalue weighted by molar-refractivity contribution is -0.143. The van der Waals surface area contributed by atoms with Gasteiger partial charge in [-0.25, -0.2) is 4.39 Å². The predicted octanol–water partition coefficient (Wildman–Crippen LogP) is 2.78. The molecule has 0 atom stereocenters. The van der Waals surface area contributed by atoms with Crippen LogP contribution in [-0.2, 0) is 20.7 Å². The van der Waals surface area contributed by atoms with Gasteiger partial charge in [-0.15, -0.1) is 0 Å². The standard InChI is InChI=1S/C21H29FN2O4/c1-2-27-21(26)9-11-23-14-20(25)24-12-10-15-13-18(7-8-19(15)24)28-17-5-3-16(22)4-6-17/h7-8,13,16-17,23H,2-6,9-12,14H2,1H3. The molecule has 1 amide bonds. The quantitative estimate of drug-likeness (QED) is 0.544. The normalized spacial score (nSPS) is 21.3. The van der Waals surface area contributed by atoms with Gasteiger partial charge in [-0.2, -0.15) is 0 Å². The Balaban J connectivity index is 1.48. The van der Waals surface area contributed by atoms with E-state index in [-0.39, 0.29) is 30.9 Å². The van der Waals surface area contributed by atoms with Gasteiger partial charge < -0.3 is 19.7 Å². The Morgan fingerprint density at radius 2 is 2.04 bits per heavy atom. The Bertz CT molecular complexity index is 689. The van der Waals surface area contributed by atoms with E-state index in [2.05, 4.69) is 5.32 Å². The van der Waals surface area contributed by atoms with E-state index >= 15 is 0 Å². The van der Waals surface area contributed by atoms with E-state index in [1.54, 1.807) is 11.8 Å². The van der Waals surface area contributed by atoms with Crippen molar-refractivity contribution in [2.45, 2.75) is 57.7 Å². The summed E-state index contributed by atoms with van der Waals surface area (Å²) in [5.41, 5.74) is 2.01. The molecule has 1 aromatic carbocycles. The van der Waals surface area contributed by atoms with Gasteiger partial charge in [-0.1, -0.05) is 0 Å². The maximum Gasteiger partial charge on any atom is 0.307 e. The minimum atomic E-state index is -0.689. The molecule has 1 N–H and O–H groups in total. The number of benzene rings is 1. The molecule has 6 nitrogen and oxygen atoms in total. The van der Waals surface area contributed by atoms with Gasteiger partial charge in [0, 0.05) is 18.8 Å². The number of fused-ring (bicyclic) bond motifs is 1. The summed E-state index contributed by atoms with van der Waals surface area (Å²) >= 11 is 0. The van der Waals surface area contributed by atoms with Crippen LogP contribution in [0.15, 0.2) is 18.2 Å². The number of rotatable bonds is 8. The van der Waals surface area contributed by atoms with Gasteiger partial charge in [-0.3, -0.25) is 9.59 Å². The first-order valence-corrected chi connectivity index (χ1v) is 10.2. The van der Waals surface area contributed by atoms with Crippen LogP contribution in [0.3, 0.4) is 0 Å². The number of carbonyl (C=O) groups is 2. The van der Waals surface area contributed by atoms with E-state index in [0.29, 0.717) is 32.5 Å². The average molecular weight is 392 g/mol. The van der Waals surface area contributed by atoms with Crippen LogP contribution in [0.4, 0.5) is 10.1 Å². The Morgan fingerprint density at radius 3 is 2.79 bits per heavy atom. The predicted molar refractivity (Wildman–Crippen MR) is 104 cm³/mol. The summed E-state index contributed by atoms with van der Waals surface area (Å²) in [6.07, 6.45) is 3.07. The third-order valence-electron chi connectivity index (χ3n) is 5.24. The number of nitrogens with zero attached hydrogens (tertiary/aromatic N) is 1. The molecule has 0 saturated heterocycles. The molecule has 1 fully saturated rings. The van der Waals surface area contributed by atoms with Crippen molar-refractivity contribution in [1.29, 1.82) is 0 Å². The highest BCUT2D eigenvalue weighted by Gasteiger charge is 2.26. The van der Waals surface area contributed by atoms with Crippen LogP contribution in [0, 0.1) is 0 Å². The molecule has 0 radical (unpaired) electrons. The zero-order valence-electron chi connectivity index (χ0n) is 16.4. The highest BCUT2D eigenvalue weighted by atomic mass is 19.1. The molecule has 154 valence electrons. The molecule has 1 heterocycles. The Hall–Kier alpha value is -2.15. The fourth-order valence-electron chi connectivity index (χ4n) is 3.76. The number of alkyl halides is 1. The van der Waals surface area contributed by atoms with Crippen molar-refractivity contribution in [2.75, 3.05) is 31.1 Å². The molecule has 0 unspecified atom stereocenters. The number of nitrogens with one attached hydrogen (secondary N) is 1. The van der Waals surface area contributed by atoms with Crippen LogP contribution in [-0.4, -0.2) is 50.4 Å². The van der Waals surface area contributed by atoms with Crippen molar-refractivity contribution in [1.82, 2.24) is 5.32 Å². The summed E-state index contributed by atoms with van der Waals surface area (Å²) < 4.78 is 24.1. The molecule has 0 bridgehead atoms. The maximum absolute atomic E-state index is 13.3. The second-order valence-electron chi connectivity index (χ2n) is 7.31. The molecule has 1 saturated carbocycles. The summed E-state index contributed by atoms with van der Waals surface area (Å²) in [4.78, 5) is 25.6. The van der Waals surface area contributed by atoms with Crippen molar-refractivity contribution in [3.05, 3.63) is 23.8 Å². The minimum Gasteiger partial charge on any atom is -0.490 e. The number of esters is 1. The van der Waals surface area contributed by atoms with E-state index in [1.807, 2.05) is 18.2 Å². The molecule has 1 aromatic rings. The fourth-order valence-corrected chi connectivity index (χ4v) is 3.76. The molecule has 7 heteroatoms. The highest BCUT2D eigenvalue weighted by Crippen LogP contribution is 2.33. The van der Waals surface area contributed by atoms with Gasteiger partial charge in [0.15, 0.2) is 0 Å². The van der Waals surface area contributed by atoms with Crippen LogP contribution in [0.1, 0.15) is 44.6 Å². The molecular formula is C21H29FN2O4. The van der Waals surface area contributed by atoms with E-state index in [9.17, 15) is 14.0 Å². The topological polar surface area (TPSA) is 67.9 Å². The van der Waals surface area contributed by atoms with Gasteiger partial charge in [0.2, 0.25) is 5.91 Å². The zero-order valence-corrected chi connectivity index (χ0v) is 16.4. The molecule has 0 aromatic heterocycles. The van der Waals surface area contributed by atoms with E-state index in [4.69, 9.17) is 9.47 Å². The molecule has 3 rings (SSSR count). The van der Waals surface area contributed by atoms with Crippen molar-refractivity contribution < 1.29 is 23.5 Å². The average Bonchev–Trinajstić information content (AvgIpc) is 3.10. The Kier molecular flexibility index (Phi) is 7.25. The van der Waals surface area contributed by atoms with Crippen LogP contribution < -0.4 is 15.0 Å². The van der Waals surface area contributed by atoms with Gasteiger partial charge in [0.25, 0.3) is 0 Å². The first kappa shape index (κ1) is 20.6. The van der Waals surface area contributed by atoms with Gasteiger partial charge in [0.05, 0.1) is 25.7 Å². The third-order valence-corrected chi connectivity index (χ3v) is 5.24. The smallest absolute Gasteiger partial charge is 0.307 e. The van der Waals surface area contributed by atoms with Gasteiger partial charge in [0.1, 0.15) is 11.9 Å². The highest BCUT2D eigenvalue weighted by molar-refractivity contribution is 5.96. The molecule has 1 aliphatic carbocycles. The number of carbonyl (C=O) groups excluding carboxylic acids is 2. The summed E-state index contributed by atoms with van der Waals surface area (Å²) in [5.74, 6) is 0.516. The second kappa shape index (κ2) is 9.87. The summed E-state index contributed by atoms with van der Waals surface area (Å²) in [5, 5.41) is 3.00. The lowest BCUT2D eigenvalue weighted by Crippen LogP contribution is -2.37. The molecule has 28 heavy (non-hydrogen) atoms. The van der Waals surface area contributed by atoms with Crippen molar-refractivity contribution in [3.63, 3.8) is 0 Å². The van der Waals surface area contributed by atoms with E-state index < -0.39 is 6.17 Å². The first-order chi connectivity index (χ1) is 13.6. The van der Waals surface area contributed by atoms with Crippen LogP contribution in [0.25, 0.3) is 0 Å². The first-order valence-electron chi connectivity index (χ1n) is 10.2. The minimum absolute atomic E-state index is 0.0162. The summed E-state index contributed by atoms with van der Waals surface area (Å²) in [6.45, 7) is 3.38. The number of halogens is 1. The SMILES string of the molecule is CCOC(=O)CCNCC(=O)N1CCc2cc(OC3CCC(F)CC3)ccc21. The van der Waals surface area contributed by atoms with Crippen LogP contribution in [0.2, 0.25) is 0 Å². The molecule has 1 aliphatic heterocycles. The largest absolute Gasteiger partial charge is 0.490 e. The summed E-state index contributed by atoms with van der Waals surface area (Å²) in [6, 6.07) is 5.81. The monoisotopic (exact) mass is 392 g/mol. The van der Waals surface area contributed by atoms with E-state index in [0.717, 1.165) is 36.3 Å². The van der Waals surface area contributed by atoms with E-state index in [1.165, 1.54) is 0 Å². The lowest BCUT2D eigenvalue weighted by atomic mass is 9.96. The van der Waals surface area contributed by atoms with Crippen LogP contribution in [0.5, 0.6) is 5.75 Å².